The van der Waals surface area contributed by atoms with E-state index in [0.717, 1.165) is 16.6 Å². The summed E-state index contributed by atoms with van der Waals surface area (Å²) in [6, 6.07) is 11.2. The number of nitrogens with zero attached hydrogens (tertiary/aromatic N) is 2. The lowest BCUT2D eigenvalue weighted by Crippen LogP contribution is -2.15. The number of carbonyl (C=O) groups is 1. The number of ether oxygens (including phenoxy) is 2. The van der Waals surface area contributed by atoms with E-state index in [-0.39, 0.29) is 5.91 Å². The number of aromatic nitrogens is 2. The van der Waals surface area contributed by atoms with Gasteiger partial charge in [0.1, 0.15) is 12.2 Å². The molecule has 3 aromatic rings. The van der Waals surface area contributed by atoms with Gasteiger partial charge in [-0.2, -0.15) is 0 Å². The largest absolute Gasteiger partial charge is 0.493 e. The van der Waals surface area contributed by atoms with Gasteiger partial charge in [-0.25, -0.2) is 9.97 Å². The Morgan fingerprint density at radius 1 is 1.04 bits per heavy atom. The first-order valence-corrected chi connectivity index (χ1v) is 7.49. The summed E-state index contributed by atoms with van der Waals surface area (Å²) in [5.41, 5.74) is 3.09. The summed E-state index contributed by atoms with van der Waals surface area (Å²) in [5.74, 6) is 0.606. The number of carbonyl (C=O) groups excluding carboxylic acids is 1. The zero-order valence-electron chi connectivity index (χ0n) is 13.2. The Bertz CT molecular complexity index is 955. The molecule has 0 aliphatic carbocycles. The summed E-state index contributed by atoms with van der Waals surface area (Å²) in [6.45, 7) is 0. The Kier molecular flexibility index (Phi) is 3.30. The number of hydrogen-bond acceptors (Lipinski definition) is 5. The number of rotatable bonds is 3. The van der Waals surface area contributed by atoms with E-state index in [1.807, 2.05) is 30.3 Å². The molecule has 120 valence electrons. The number of amides is 1. The molecule has 1 atom stereocenters. The van der Waals surface area contributed by atoms with Gasteiger partial charge in [-0.05, 0) is 17.7 Å². The summed E-state index contributed by atoms with van der Waals surface area (Å²) in [4.78, 5) is 21.2. The molecule has 0 spiro atoms. The lowest BCUT2D eigenvalue weighted by molar-refractivity contribution is -0.116. The minimum absolute atomic E-state index is 0.0917. The fraction of sp³-hybridized carbons (Fsp3) is 0.167. The van der Waals surface area contributed by atoms with E-state index in [1.165, 1.54) is 6.33 Å². The summed E-state index contributed by atoms with van der Waals surface area (Å²) < 4.78 is 10.7. The van der Waals surface area contributed by atoms with Crippen molar-refractivity contribution in [3.63, 3.8) is 0 Å². The van der Waals surface area contributed by atoms with Crippen molar-refractivity contribution < 1.29 is 14.3 Å². The highest BCUT2D eigenvalue weighted by molar-refractivity contribution is 6.06. The van der Waals surface area contributed by atoms with Crippen LogP contribution in [0.5, 0.6) is 11.5 Å². The van der Waals surface area contributed by atoms with Crippen molar-refractivity contribution in [3.8, 4) is 11.5 Å². The molecule has 1 aliphatic rings. The molecular weight excluding hydrogens is 306 g/mol. The fourth-order valence-corrected chi connectivity index (χ4v) is 3.11. The molecular formula is C18H15N3O3. The minimum Gasteiger partial charge on any atom is -0.493 e. The van der Waals surface area contributed by atoms with Crippen LogP contribution < -0.4 is 14.8 Å². The van der Waals surface area contributed by atoms with Gasteiger partial charge >= 0.3 is 0 Å². The number of para-hydroxylation sites is 1. The van der Waals surface area contributed by atoms with Crippen LogP contribution in [0, 0.1) is 0 Å². The first-order valence-electron chi connectivity index (χ1n) is 7.49. The van der Waals surface area contributed by atoms with Crippen LogP contribution in [0.4, 0.5) is 5.69 Å². The van der Waals surface area contributed by atoms with Gasteiger partial charge in [0, 0.05) is 17.1 Å². The molecule has 6 heteroatoms. The van der Waals surface area contributed by atoms with Crippen molar-refractivity contribution in [1.82, 2.24) is 9.97 Å². The lowest BCUT2D eigenvalue weighted by atomic mass is 9.94. The summed E-state index contributed by atoms with van der Waals surface area (Å²) in [7, 11) is 3.15. The maximum absolute atomic E-state index is 12.5. The topological polar surface area (TPSA) is 73.3 Å². The quantitative estimate of drug-likeness (QED) is 0.803. The predicted molar refractivity (Wildman–Crippen MR) is 89.6 cm³/mol. The number of methoxy groups -OCH3 is 2. The van der Waals surface area contributed by atoms with Crippen LogP contribution in [0.25, 0.3) is 10.9 Å². The monoisotopic (exact) mass is 321 g/mol. The van der Waals surface area contributed by atoms with Crippen LogP contribution in [0.1, 0.15) is 17.2 Å². The molecule has 6 nitrogen and oxygen atoms in total. The molecule has 1 amide bonds. The Labute approximate surface area is 138 Å². The van der Waals surface area contributed by atoms with Gasteiger partial charge in [0.05, 0.1) is 25.4 Å². The Morgan fingerprint density at radius 3 is 2.58 bits per heavy atom. The molecule has 0 radical (unpaired) electrons. The molecule has 2 heterocycles. The molecule has 0 bridgehead atoms. The zero-order valence-corrected chi connectivity index (χ0v) is 13.2. The third-order valence-corrected chi connectivity index (χ3v) is 4.24. The van der Waals surface area contributed by atoms with E-state index in [1.54, 1.807) is 20.3 Å². The van der Waals surface area contributed by atoms with Crippen molar-refractivity contribution in [2.45, 2.75) is 5.92 Å². The minimum atomic E-state index is -0.468. The van der Waals surface area contributed by atoms with Crippen molar-refractivity contribution in [2.24, 2.45) is 0 Å². The summed E-state index contributed by atoms with van der Waals surface area (Å²) in [6.07, 6.45) is 1.47. The van der Waals surface area contributed by atoms with Gasteiger partial charge in [0.15, 0.2) is 11.5 Å². The van der Waals surface area contributed by atoms with Crippen molar-refractivity contribution in [1.29, 1.82) is 0 Å². The van der Waals surface area contributed by atoms with Gasteiger partial charge in [-0.3, -0.25) is 4.79 Å². The SMILES string of the molecule is COc1cc2ncnc(C3C(=O)Nc4ccccc43)c2cc1OC. The van der Waals surface area contributed by atoms with Gasteiger partial charge in [0.25, 0.3) is 0 Å². The Hall–Kier alpha value is -3.15. The smallest absolute Gasteiger partial charge is 0.238 e. The van der Waals surface area contributed by atoms with E-state index in [4.69, 9.17) is 9.47 Å². The molecule has 1 N–H and O–H groups in total. The molecule has 0 saturated carbocycles. The van der Waals surface area contributed by atoms with Crippen LogP contribution in [-0.4, -0.2) is 30.1 Å². The number of fused-ring (bicyclic) bond motifs is 2. The molecule has 0 saturated heterocycles. The highest BCUT2D eigenvalue weighted by atomic mass is 16.5. The maximum Gasteiger partial charge on any atom is 0.238 e. The average Bonchev–Trinajstić information content (AvgIpc) is 2.95. The second kappa shape index (κ2) is 5.49. The number of nitrogens with one attached hydrogen (secondary N) is 1. The fourth-order valence-electron chi connectivity index (χ4n) is 3.11. The van der Waals surface area contributed by atoms with Crippen LogP contribution in [-0.2, 0) is 4.79 Å². The Morgan fingerprint density at radius 2 is 1.79 bits per heavy atom. The molecule has 1 aliphatic heterocycles. The van der Waals surface area contributed by atoms with Crippen LogP contribution in [0.3, 0.4) is 0 Å². The van der Waals surface area contributed by atoms with Gasteiger partial charge in [-0.15, -0.1) is 0 Å². The van der Waals surface area contributed by atoms with E-state index in [0.29, 0.717) is 22.7 Å². The standard InChI is InChI=1S/C18H15N3O3/c1-23-14-7-11-13(8-15(14)24-2)19-9-20-17(11)16-10-5-3-4-6-12(10)21-18(16)22/h3-9,16H,1-2H3,(H,21,22). The highest BCUT2D eigenvalue weighted by Gasteiger charge is 2.34. The van der Waals surface area contributed by atoms with Gasteiger partial charge in [-0.1, -0.05) is 18.2 Å². The first-order chi connectivity index (χ1) is 11.7. The normalized spacial score (nSPS) is 15.9. The number of hydrogen-bond donors (Lipinski definition) is 1. The van der Waals surface area contributed by atoms with Crippen molar-refractivity contribution in [2.75, 3.05) is 19.5 Å². The molecule has 24 heavy (non-hydrogen) atoms. The molecule has 0 fully saturated rings. The van der Waals surface area contributed by atoms with Crippen LogP contribution >= 0.6 is 0 Å². The maximum atomic E-state index is 12.5. The summed E-state index contributed by atoms with van der Waals surface area (Å²) in [5, 5.41) is 3.68. The Balaban J connectivity index is 1.96. The average molecular weight is 321 g/mol. The molecule has 1 aromatic heterocycles. The first kappa shape index (κ1) is 14.4. The molecule has 4 rings (SSSR count). The second-order valence-electron chi connectivity index (χ2n) is 5.49. The van der Waals surface area contributed by atoms with E-state index < -0.39 is 5.92 Å². The van der Waals surface area contributed by atoms with E-state index >= 15 is 0 Å². The molecule has 2 aromatic carbocycles. The van der Waals surface area contributed by atoms with E-state index in [9.17, 15) is 4.79 Å². The van der Waals surface area contributed by atoms with Crippen LogP contribution in [0.15, 0.2) is 42.7 Å². The van der Waals surface area contributed by atoms with Crippen molar-refractivity contribution >= 4 is 22.5 Å². The number of anilines is 1. The zero-order chi connectivity index (χ0) is 16.7. The third kappa shape index (κ3) is 2.07. The number of benzene rings is 2. The van der Waals surface area contributed by atoms with Gasteiger partial charge in [0.2, 0.25) is 5.91 Å². The predicted octanol–water partition coefficient (Wildman–Crippen LogP) is 2.73. The molecule has 1 unspecified atom stereocenters. The van der Waals surface area contributed by atoms with Crippen molar-refractivity contribution in [3.05, 3.63) is 54.0 Å². The third-order valence-electron chi connectivity index (χ3n) is 4.24. The van der Waals surface area contributed by atoms with Gasteiger partial charge < -0.3 is 14.8 Å². The van der Waals surface area contributed by atoms with E-state index in [2.05, 4.69) is 15.3 Å². The highest BCUT2D eigenvalue weighted by Crippen LogP contribution is 2.40. The summed E-state index contributed by atoms with van der Waals surface area (Å²) >= 11 is 0. The lowest BCUT2D eigenvalue weighted by Gasteiger charge is -2.13. The van der Waals surface area contributed by atoms with Crippen LogP contribution in [0.2, 0.25) is 0 Å². The second-order valence-corrected chi connectivity index (χ2v) is 5.49.